The van der Waals surface area contributed by atoms with Crippen LogP contribution in [0.25, 0.3) is 22.6 Å². The molecule has 1 amide bonds. The Labute approximate surface area is 246 Å². The topological polar surface area (TPSA) is 85.0 Å². The van der Waals surface area contributed by atoms with E-state index in [2.05, 4.69) is 56.1 Å². The molecule has 0 N–H and O–H groups in total. The number of likely N-dealkylation sites (tertiary alicyclic amines) is 1. The molecule has 0 saturated carbocycles. The number of aromatic nitrogens is 4. The summed E-state index contributed by atoms with van der Waals surface area (Å²) in [7, 11) is 0. The average Bonchev–Trinajstić information content (AvgIpc) is 3.74. The van der Waals surface area contributed by atoms with Crippen molar-refractivity contribution in [3.8, 4) is 22.6 Å². The van der Waals surface area contributed by atoms with E-state index in [1.807, 2.05) is 65.7 Å². The Morgan fingerprint density at radius 1 is 1.10 bits per heavy atom. The molecule has 0 spiro atoms. The summed E-state index contributed by atoms with van der Waals surface area (Å²) in [4.78, 5) is 24.9. The van der Waals surface area contributed by atoms with E-state index >= 15 is 0 Å². The molecule has 200 valence electrons. The zero-order valence-electron chi connectivity index (χ0n) is 22.3. The second-order valence-electron chi connectivity index (χ2n) is 10.4. The summed E-state index contributed by atoms with van der Waals surface area (Å²) in [5.74, 6) is 0.890. The van der Waals surface area contributed by atoms with Gasteiger partial charge in [-0.3, -0.25) is 0 Å². The molecule has 2 aromatic carbocycles. The number of hydrogen-bond acceptors (Lipinski definition) is 7. The molecule has 2 radical (unpaired) electrons. The van der Waals surface area contributed by atoms with Gasteiger partial charge in [0.2, 0.25) is 0 Å². The van der Waals surface area contributed by atoms with Crippen LogP contribution >= 0.6 is 11.3 Å². The monoisotopic (exact) mass is 609 g/mol. The van der Waals surface area contributed by atoms with Gasteiger partial charge in [-0.2, -0.15) is 0 Å². The van der Waals surface area contributed by atoms with Gasteiger partial charge in [-0.05, 0) is 6.92 Å². The van der Waals surface area contributed by atoms with Crippen LogP contribution in [0.15, 0.2) is 82.9 Å². The number of carbonyl (C=O) groups is 1. The number of hydrogen-bond donors (Lipinski definition) is 0. The van der Waals surface area contributed by atoms with Crippen LogP contribution in [0.2, 0.25) is 0 Å². The van der Waals surface area contributed by atoms with Gasteiger partial charge in [0.15, 0.2) is 0 Å². The third-order valence-corrected chi connectivity index (χ3v) is 8.93. The number of aryl methyl sites for hydroxylation is 1. The Bertz CT molecular complexity index is 1630. The van der Waals surface area contributed by atoms with Gasteiger partial charge in [0.05, 0.1) is 0 Å². The number of amides is 1. The van der Waals surface area contributed by atoms with Gasteiger partial charge in [0, 0.05) is 11.1 Å². The molecule has 1 aliphatic rings. The maximum atomic E-state index is 14.0. The third-order valence-electron chi connectivity index (χ3n) is 7.13. The van der Waals surface area contributed by atoms with E-state index in [4.69, 9.17) is 4.42 Å². The molecule has 5 aromatic rings. The first-order valence-corrected chi connectivity index (χ1v) is 15.1. The molecular weight excluding hydrogens is 581 g/mol. The zero-order valence-corrected chi connectivity index (χ0v) is 25.0. The van der Waals surface area contributed by atoms with Gasteiger partial charge < -0.3 is 0 Å². The second kappa shape index (κ2) is 11.1. The minimum absolute atomic E-state index is 0.0109. The fraction of sp³-hybridized carbons (Fsp3) is 0.258. The van der Waals surface area contributed by atoms with Crippen molar-refractivity contribution in [1.82, 2.24) is 25.1 Å². The number of carbonyl (C=O) groups excluding carboxylic acids is 1. The molecule has 0 bridgehead atoms. The molecule has 1 fully saturated rings. The van der Waals surface area contributed by atoms with Crippen LogP contribution in [0.1, 0.15) is 58.3 Å². The third kappa shape index (κ3) is 5.51. The number of nitrogens with zero attached hydrogens (tertiary/aromatic N) is 5. The van der Waals surface area contributed by atoms with Crippen molar-refractivity contribution >= 4 is 34.1 Å². The maximum absolute atomic E-state index is 14.0. The molecule has 4 heterocycles. The molecular formula is C31H28AsN5O2S. The zero-order chi connectivity index (χ0) is 27.7. The van der Waals surface area contributed by atoms with E-state index in [1.54, 1.807) is 23.7 Å². The van der Waals surface area contributed by atoms with Crippen LogP contribution in [0.4, 0.5) is 0 Å². The molecule has 6 rings (SSSR count). The molecule has 1 saturated heterocycles. The molecule has 40 heavy (non-hydrogen) atoms. The molecule has 1 aliphatic heterocycles. The number of thiazole rings is 1. The van der Waals surface area contributed by atoms with E-state index < -0.39 is 4.20 Å². The predicted octanol–water partition coefficient (Wildman–Crippen LogP) is 6.17. The van der Waals surface area contributed by atoms with Crippen molar-refractivity contribution in [2.45, 2.75) is 43.4 Å². The molecule has 9 heteroatoms. The van der Waals surface area contributed by atoms with Crippen molar-refractivity contribution in [2.75, 3.05) is 6.54 Å². The molecule has 0 aliphatic carbocycles. The van der Waals surface area contributed by atoms with Crippen molar-refractivity contribution in [1.29, 1.82) is 0 Å². The van der Waals surface area contributed by atoms with Crippen LogP contribution in [0.3, 0.4) is 0 Å². The number of benzene rings is 2. The Morgan fingerprint density at radius 2 is 1.93 bits per heavy atom. The molecule has 0 unspecified atom stereocenters. The first kappa shape index (κ1) is 26.6. The summed E-state index contributed by atoms with van der Waals surface area (Å²) in [5, 5.41) is 11.9. The minimum atomic E-state index is -0.423. The Balaban J connectivity index is 1.36. The van der Waals surface area contributed by atoms with Crippen molar-refractivity contribution in [2.24, 2.45) is 0 Å². The van der Waals surface area contributed by atoms with E-state index in [0.29, 0.717) is 29.5 Å². The quantitative estimate of drug-likeness (QED) is 0.205. The Morgan fingerprint density at radius 3 is 2.67 bits per heavy atom. The fourth-order valence-electron chi connectivity index (χ4n) is 5.16. The van der Waals surface area contributed by atoms with Gasteiger partial charge in [0.1, 0.15) is 0 Å². The van der Waals surface area contributed by atoms with E-state index in [0.717, 1.165) is 41.1 Å². The first-order valence-electron chi connectivity index (χ1n) is 13.3. The summed E-state index contributed by atoms with van der Waals surface area (Å²) in [6.07, 6.45) is 6.13. The number of rotatable bonds is 7. The van der Waals surface area contributed by atoms with Crippen LogP contribution < -0.4 is 0 Å². The number of pyridine rings is 1. The average molecular weight is 610 g/mol. The Kier molecular flexibility index (Phi) is 7.39. The van der Waals surface area contributed by atoms with E-state index in [9.17, 15) is 4.79 Å². The van der Waals surface area contributed by atoms with Crippen LogP contribution in [-0.2, 0) is 10.6 Å². The van der Waals surface area contributed by atoms with Gasteiger partial charge in [-0.15, -0.1) is 0 Å². The molecule has 3 aromatic heterocycles. The van der Waals surface area contributed by atoms with E-state index in [1.165, 1.54) is 5.56 Å². The van der Waals surface area contributed by atoms with Crippen molar-refractivity contribution < 1.29 is 9.21 Å². The predicted molar refractivity (Wildman–Crippen MR) is 156 cm³/mol. The standard InChI is InChI=1S/C31H28AsN5O2S/c1-20-19-40-28(34-20)26-11-7-13-37(26)29(38)25-15-23(22-10-6-12-33-18-22)14-24(16-25)27-35-36-30(39-27)31(2,32)17-21-8-4-3-5-9-21/h3-6,8-10,12,14-16,18-19,26H,7,11,13,17H2,1-2H3/t26-,31-/m1/s1. The SMILES string of the molecule is Cc1csc([C@H]2CCCN2C(=O)c2cc(-c3cccnc3)cc(-c3nnc([C@](C)([As])Cc4ccccc4)o3)c2)n1. The van der Waals surface area contributed by atoms with E-state index in [-0.39, 0.29) is 11.9 Å². The van der Waals surface area contributed by atoms with Crippen molar-refractivity contribution in [3.05, 3.63) is 106 Å². The summed E-state index contributed by atoms with van der Waals surface area (Å²) >= 11 is 4.29. The van der Waals surface area contributed by atoms with Gasteiger partial charge >= 0.3 is 229 Å². The van der Waals surface area contributed by atoms with Gasteiger partial charge in [0.25, 0.3) is 0 Å². The summed E-state index contributed by atoms with van der Waals surface area (Å²) < 4.78 is 5.84. The van der Waals surface area contributed by atoms with Crippen LogP contribution in [0.5, 0.6) is 0 Å². The van der Waals surface area contributed by atoms with Crippen molar-refractivity contribution in [3.63, 3.8) is 0 Å². The second-order valence-corrected chi connectivity index (χ2v) is 13.3. The normalized spacial score (nSPS) is 16.7. The summed E-state index contributed by atoms with van der Waals surface area (Å²) in [6, 6.07) is 19.9. The molecule has 2 atom stereocenters. The first-order chi connectivity index (χ1) is 19.4. The van der Waals surface area contributed by atoms with Crippen LogP contribution in [0, 0.1) is 6.92 Å². The van der Waals surface area contributed by atoms with Crippen LogP contribution in [-0.4, -0.2) is 54.4 Å². The molecule has 7 nitrogen and oxygen atoms in total. The summed E-state index contributed by atoms with van der Waals surface area (Å²) in [6.45, 7) is 4.76. The summed E-state index contributed by atoms with van der Waals surface area (Å²) in [5.41, 5.74) is 5.23. The van der Waals surface area contributed by atoms with Gasteiger partial charge in [-0.1, -0.05) is 0 Å². The van der Waals surface area contributed by atoms with Gasteiger partial charge in [-0.25, -0.2) is 0 Å². The Hall–Kier alpha value is -3.61. The fourth-order valence-corrected chi connectivity index (χ4v) is 6.67.